The summed E-state index contributed by atoms with van der Waals surface area (Å²) in [7, 11) is 1.65. The average molecular weight is 520 g/mol. The molecule has 3 rings (SSSR count). The van der Waals surface area contributed by atoms with E-state index in [0.717, 1.165) is 39.8 Å². The number of amides is 1. The number of nitrogens with one attached hydrogen (secondary N) is 1. The van der Waals surface area contributed by atoms with Crippen LogP contribution in [0.25, 0.3) is 0 Å². The van der Waals surface area contributed by atoms with Crippen molar-refractivity contribution in [1.82, 2.24) is 5.43 Å². The minimum absolute atomic E-state index is 0.127. The van der Waals surface area contributed by atoms with Gasteiger partial charge < -0.3 is 9.47 Å². The van der Waals surface area contributed by atoms with Crippen LogP contribution in [-0.4, -0.2) is 19.2 Å². The third-order valence-corrected chi connectivity index (χ3v) is 5.90. The first-order valence-electron chi connectivity index (χ1n) is 10.9. The lowest BCUT2D eigenvalue weighted by molar-refractivity contribution is -0.121. The fourth-order valence-electron chi connectivity index (χ4n) is 3.38. The van der Waals surface area contributed by atoms with Crippen LogP contribution in [-0.2, 0) is 17.8 Å². The van der Waals surface area contributed by atoms with E-state index in [-0.39, 0.29) is 5.91 Å². The van der Waals surface area contributed by atoms with Crippen molar-refractivity contribution in [2.75, 3.05) is 7.11 Å². The number of hydrogen-bond donors (Lipinski definition) is 1. The highest BCUT2D eigenvalue weighted by Crippen LogP contribution is 2.26. The summed E-state index contributed by atoms with van der Waals surface area (Å²) in [5.74, 6) is 1.37. The number of hydrazone groups is 1. The Hall–Kier alpha value is -3.63. The summed E-state index contributed by atoms with van der Waals surface area (Å²) in [5, 5.41) is 13.2. The number of benzene rings is 3. The quantitative estimate of drug-likeness (QED) is 0.275. The van der Waals surface area contributed by atoms with E-state index >= 15 is 0 Å². The number of nitrogens with zero attached hydrogens (tertiary/aromatic N) is 2. The fraction of sp³-hybridized carbons (Fsp3) is 0.222. The Morgan fingerprint density at radius 3 is 2.71 bits per heavy atom. The van der Waals surface area contributed by atoms with Crippen LogP contribution in [0.1, 0.15) is 40.7 Å². The van der Waals surface area contributed by atoms with Gasteiger partial charge >= 0.3 is 0 Å². The SMILES string of the molecule is COc1ccc(CCCC(=O)N/N=C\c2ccc(OCc3ccccc3C#N)c(Br)c2)c(C)c1. The van der Waals surface area contributed by atoms with Crippen molar-refractivity contribution in [3.8, 4) is 17.6 Å². The molecule has 0 aliphatic heterocycles. The van der Waals surface area contributed by atoms with Crippen LogP contribution >= 0.6 is 15.9 Å². The summed E-state index contributed by atoms with van der Waals surface area (Å²) in [5.41, 5.74) is 7.18. The standard InChI is InChI=1S/C27H26BrN3O3/c1-19-14-24(33-2)12-11-21(19)8-5-9-27(32)31-30-17-20-10-13-26(25(28)15-20)34-18-23-7-4-3-6-22(23)16-29/h3-4,6-7,10-15,17H,5,8-9,18H2,1-2H3,(H,31,32)/b30-17-. The lowest BCUT2D eigenvalue weighted by Gasteiger charge is -2.10. The van der Waals surface area contributed by atoms with Gasteiger partial charge in [-0.25, -0.2) is 5.43 Å². The third-order valence-electron chi connectivity index (χ3n) is 5.28. The number of methoxy groups -OCH3 is 1. The van der Waals surface area contributed by atoms with Crippen LogP contribution in [0.15, 0.2) is 70.2 Å². The molecule has 0 fully saturated rings. The maximum absolute atomic E-state index is 12.1. The molecule has 0 aromatic heterocycles. The van der Waals surface area contributed by atoms with Crippen LogP contribution in [0.4, 0.5) is 0 Å². The van der Waals surface area contributed by atoms with Gasteiger partial charge in [0.15, 0.2) is 0 Å². The first-order chi connectivity index (χ1) is 16.5. The van der Waals surface area contributed by atoms with Crippen molar-refractivity contribution < 1.29 is 14.3 Å². The molecule has 7 heteroatoms. The summed E-state index contributed by atoms with van der Waals surface area (Å²) < 4.78 is 11.8. The number of halogens is 1. The van der Waals surface area contributed by atoms with Crippen molar-refractivity contribution in [2.24, 2.45) is 5.10 Å². The van der Waals surface area contributed by atoms with Crippen molar-refractivity contribution in [3.05, 3.63) is 93.0 Å². The van der Waals surface area contributed by atoms with Gasteiger partial charge in [0.1, 0.15) is 18.1 Å². The third kappa shape index (κ3) is 7.19. The first-order valence-corrected chi connectivity index (χ1v) is 11.6. The van der Waals surface area contributed by atoms with Crippen LogP contribution in [0.2, 0.25) is 0 Å². The molecule has 34 heavy (non-hydrogen) atoms. The van der Waals surface area contributed by atoms with E-state index in [1.807, 2.05) is 61.5 Å². The fourth-order valence-corrected chi connectivity index (χ4v) is 3.89. The molecule has 1 amide bonds. The summed E-state index contributed by atoms with van der Waals surface area (Å²) >= 11 is 3.50. The normalized spacial score (nSPS) is 10.6. The number of rotatable bonds is 10. The Bertz CT molecular complexity index is 1220. The van der Waals surface area contributed by atoms with Gasteiger partial charge in [0.05, 0.1) is 29.4 Å². The van der Waals surface area contributed by atoms with Gasteiger partial charge in [-0.2, -0.15) is 10.4 Å². The molecule has 0 saturated heterocycles. The summed E-state index contributed by atoms with van der Waals surface area (Å²) in [6.45, 7) is 2.34. The molecule has 174 valence electrons. The molecule has 0 radical (unpaired) electrons. The van der Waals surface area contributed by atoms with Crippen LogP contribution in [0, 0.1) is 18.3 Å². The Kier molecular flexibility index (Phi) is 9.24. The molecule has 0 heterocycles. The highest BCUT2D eigenvalue weighted by Gasteiger charge is 2.06. The van der Waals surface area contributed by atoms with Crippen molar-refractivity contribution in [1.29, 1.82) is 5.26 Å². The second kappa shape index (κ2) is 12.6. The molecule has 0 bridgehead atoms. The maximum Gasteiger partial charge on any atom is 0.240 e. The number of hydrogen-bond acceptors (Lipinski definition) is 5. The average Bonchev–Trinajstić information content (AvgIpc) is 2.84. The number of aryl methyl sites for hydroxylation is 2. The van der Waals surface area contributed by atoms with Gasteiger partial charge in [0.2, 0.25) is 5.91 Å². The van der Waals surface area contributed by atoms with Gasteiger partial charge in [-0.1, -0.05) is 24.3 Å². The molecule has 3 aromatic rings. The van der Waals surface area contributed by atoms with Crippen molar-refractivity contribution >= 4 is 28.1 Å². The monoisotopic (exact) mass is 519 g/mol. The molecule has 0 saturated carbocycles. The lowest BCUT2D eigenvalue weighted by Crippen LogP contribution is -2.17. The van der Waals surface area contributed by atoms with Crippen LogP contribution in [0.3, 0.4) is 0 Å². The highest BCUT2D eigenvalue weighted by atomic mass is 79.9. The Balaban J connectivity index is 1.45. The van der Waals surface area contributed by atoms with E-state index in [9.17, 15) is 10.1 Å². The highest BCUT2D eigenvalue weighted by molar-refractivity contribution is 9.10. The van der Waals surface area contributed by atoms with Gasteiger partial charge in [0.25, 0.3) is 0 Å². The smallest absolute Gasteiger partial charge is 0.240 e. The molecular weight excluding hydrogens is 494 g/mol. The zero-order chi connectivity index (χ0) is 24.3. The van der Waals surface area contributed by atoms with Crippen molar-refractivity contribution in [3.63, 3.8) is 0 Å². The van der Waals surface area contributed by atoms with Gasteiger partial charge in [-0.05, 0) is 88.8 Å². The van der Waals surface area contributed by atoms with E-state index in [1.165, 1.54) is 5.56 Å². The maximum atomic E-state index is 12.1. The summed E-state index contributed by atoms with van der Waals surface area (Å²) in [6.07, 6.45) is 3.54. The Morgan fingerprint density at radius 2 is 1.97 bits per heavy atom. The van der Waals surface area contributed by atoms with Gasteiger partial charge in [0, 0.05) is 12.0 Å². The predicted molar refractivity (Wildman–Crippen MR) is 136 cm³/mol. The van der Waals surface area contributed by atoms with Crippen molar-refractivity contribution in [2.45, 2.75) is 32.8 Å². The molecule has 6 nitrogen and oxygen atoms in total. The molecule has 0 spiro atoms. The molecule has 0 atom stereocenters. The molecular formula is C27H26BrN3O3. The lowest BCUT2D eigenvalue weighted by atomic mass is 10.0. The van der Waals surface area contributed by atoms with E-state index in [4.69, 9.17) is 9.47 Å². The van der Waals surface area contributed by atoms with Crippen LogP contribution in [0.5, 0.6) is 11.5 Å². The Labute approximate surface area is 208 Å². The zero-order valence-electron chi connectivity index (χ0n) is 19.2. The van der Waals surface area contributed by atoms with E-state index < -0.39 is 0 Å². The van der Waals surface area contributed by atoms with Gasteiger partial charge in [-0.3, -0.25) is 4.79 Å². The second-order valence-corrected chi connectivity index (χ2v) is 8.54. The molecule has 3 aromatic carbocycles. The minimum Gasteiger partial charge on any atom is -0.497 e. The molecule has 0 unspecified atom stereocenters. The summed E-state index contributed by atoms with van der Waals surface area (Å²) in [4.78, 5) is 12.1. The van der Waals surface area contributed by atoms with E-state index in [2.05, 4.69) is 32.5 Å². The van der Waals surface area contributed by atoms with Crippen LogP contribution < -0.4 is 14.9 Å². The van der Waals surface area contributed by atoms with E-state index in [0.29, 0.717) is 24.3 Å². The van der Waals surface area contributed by atoms with E-state index in [1.54, 1.807) is 19.4 Å². The zero-order valence-corrected chi connectivity index (χ0v) is 20.8. The second-order valence-electron chi connectivity index (χ2n) is 7.69. The molecule has 0 aliphatic rings. The number of carbonyl (C=O) groups is 1. The molecule has 0 aliphatic carbocycles. The Morgan fingerprint density at radius 1 is 1.15 bits per heavy atom. The number of nitriles is 1. The predicted octanol–water partition coefficient (Wildman–Crippen LogP) is 5.69. The minimum atomic E-state index is -0.127. The first kappa shape index (κ1) is 25.0. The summed E-state index contributed by atoms with van der Waals surface area (Å²) in [6, 6.07) is 21.0. The number of carbonyl (C=O) groups excluding carboxylic acids is 1. The largest absolute Gasteiger partial charge is 0.497 e. The van der Waals surface area contributed by atoms with Gasteiger partial charge in [-0.15, -0.1) is 0 Å². The number of ether oxygens (including phenoxy) is 2. The molecule has 1 N–H and O–H groups in total. The topological polar surface area (TPSA) is 83.7 Å².